The number of hydrogen-bond acceptors (Lipinski definition) is 4. The Kier molecular flexibility index (Phi) is 5.44. The molecule has 0 radical (unpaired) electrons. The Labute approximate surface area is 174 Å². The summed E-state index contributed by atoms with van der Waals surface area (Å²) in [7, 11) is 0. The molecule has 0 unspecified atom stereocenters. The van der Waals surface area contributed by atoms with Crippen molar-refractivity contribution in [2.45, 2.75) is 25.7 Å². The maximum atomic E-state index is 8.29. The van der Waals surface area contributed by atoms with Gasteiger partial charge in [0.05, 0.1) is 34.2 Å². The van der Waals surface area contributed by atoms with Crippen molar-refractivity contribution in [2.24, 2.45) is 4.99 Å². The third-order valence-corrected chi connectivity index (χ3v) is 5.62. The van der Waals surface area contributed by atoms with Gasteiger partial charge in [-0.15, -0.1) is 0 Å². The third-order valence-electron chi connectivity index (χ3n) is 5.03. The van der Waals surface area contributed by atoms with Crippen LogP contribution in [0.5, 0.6) is 0 Å². The van der Waals surface area contributed by atoms with Crippen molar-refractivity contribution < 1.29 is 0 Å². The van der Waals surface area contributed by atoms with E-state index in [4.69, 9.17) is 10.4 Å². The maximum Gasteiger partial charge on any atom is 0.114 e. The smallest absolute Gasteiger partial charge is 0.114 e. The summed E-state index contributed by atoms with van der Waals surface area (Å²) in [5.41, 5.74) is 5.24. The van der Waals surface area contributed by atoms with E-state index < -0.39 is 0 Å². The molecule has 2 aliphatic heterocycles. The van der Waals surface area contributed by atoms with Gasteiger partial charge in [-0.05, 0) is 48.9 Å². The number of piperidine rings is 1. The Balaban J connectivity index is 1.53. The molecule has 2 aliphatic rings. The maximum absolute atomic E-state index is 8.29. The Morgan fingerprint density at radius 3 is 2.74 bits per heavy atom. The number of hydrogen-bond donors (Lipinski definition) is 2. The van der Waals surface area contributed by atoms with Gasteiger partial charge < -0.3 is 8.43 Å². The molecule has 0 saturated carbocycles. The van der Waals surface area contributed by atoms with Crippen LogP contribution in [0.3, 0.4) is 0 Å². The molecule has 2 aromatic rings. The lowest BCUT2D eigenvalue weighted by atomic mass is 10.1. The van der Waals surface area contributed by atoms with E-state index in [1.165, 1.54) is 30.7 Å². The Morgan fingerprint density at radius 2 is 1.93 bits per heavy atom. The van der Waals surface area contributed by atoms with Crippen LogP contribution in [0.25, 0.3) is 0 Å². The van der Waals surface area contributed by atoms with Gasteiger partial charge in [0.1, 0.15) is 11.5 Å². The number of para-hydroxylation sites is 1. The van der Waals surface area contributed by atoms with Crippen LogP contribution in [0, 0.1) is 17.3 Å². The van der Waals surface area contributed by atoms with Gasteiger partial charge in [-0.25, -0.2) is 4.99 Å². The molecule has 2 heterocycles. The lowest BCUT2D eigenvalue weighted by Crippen LogP contribution is -2.35. The van der Waals surface area contributed by atoms with Crippen LogP contribution in [-0.4, -0.2) is 29.5 Å². The van der Waals surface area contributed by atoms with Crippen molar-refractivity contribution in [3.63, 3.8) is 0 Å². The van der Waals surface area contributed by atoms with Crippen molar-refractivity contribution in [2.75, 3.05) is 16.6 Å². The van der Waals surface area contributed by atoms with Crippen molar-refractivity contribution in [1.29, 1.82) is 5.41 Å². The monoisotopic (exact) mass is 468 g/mol. The number of fused-ring (bicyclic) bond motifs is 1. The zero-order chi connectivity index (χ0) is 18.6. The van der Waals surface area contributed by atoms with Gasteiger partial charge >= 0.3 is 0 Å². The average Bonchev–Trinajstić information content (AvgIpc) is 3.16. The van der Waals surface area contributed by atoms with E-state index in [9.17, 15) is 0 Å². The van der Waals surface area contributed by atoms with Crippen molar-refractivity contribution in [3.05, 3.63) is 59.2 Å². The highest BCUT2D eigenvalue weighted by Crippen LogP contribution is 2.29. The quantitative estimate of drug-likeness (QED) is 0.284. The second kappa shape index (κ2) is 8.13. The molecule has 2 N–H and O–H groups in total. The number of halogens is 1. The van der Waals surface area contributed by atoms with E-state index >= 15 is 0 Å². The molecule has 0 spiro atoms. The summed E-state index contributed by atoms with van der Waals surface area (Å²) < 4.78 is 3.08. The van der Waals surface area contributed by atoms with E-state index in [0.717, 1.165) is 42.0 Å². The molecule has 136 valence electrons. The normalized spacial score (nSPS) is 15.4. The van der Waals surface area contributed by atoms with Crippen LogP contribution in [0.2, 0.25) is 0 Å². The van der Waals surface area contributed by atoms with Crippen LogP contribution >= 0.6 is 22.9 Å². The van der Waals surface area contributed by atoms with Crippen molar-refractivity contribution in [3.8, 4) is 11.8 Å². The Hall–Kier alpha value is -2.33. The molecule has 0 aromatic heterocycles. The first-order chi connectivity index (χ1) is 13.2. The highest BCUT2D eigenvalue weighted by atomic mass is 127. The first kappa shape index (κ1) is 18.1. The number of rotatable bonds is 2. The highest BCUT2D eigenvalue weighted by Gasteiger charge is 2.21. The number of aliphatic imine (C=N–C) groups is 1. The van der Waals surface area contributed by atoms with Crippen LogP contribution in [-0.2, 0) is 6.42 Å². The number of likely N-dealkylation sites (tertiary alicyclic amines) is 1. The topological polar surface area (TPSA) is 51.5 Å². The predicted octanol–water partition coefficient (Wildman–Crippen LogP) is 4.94. The van der Waals surface area contributed by atoms with E-state index in [0.29, 0.717) is 5.71 Å². The lowest BCUT2D eigenvalue weighted by molar-refractivity contribution is 0.339. The SMILES string of the molecule is N=C(C#Cc1ccc2c(c1)N=C(N1CCCCC1)C2)c1ccccc1NI. The summed E-state index contributed by atoms with van der Waals surface area (Å²) in [5, 5.41) is 8.29. The van der Waals surface area contributed by atoms with E-state index in [1.54, 1.807) is 0 Å². The molecule has 0 aliphatic carbocycles. The molecule has 27 heavy (non-hydrogen) atoms. The standard InChI is InChI=1S/C22H21IN4/c23-26-20-7-3-2-6-18(20)19(24)11-9-16-8-10-17-15-22(25-21(17)14-16)27-12-4-1-5-13-27/h2-3,6-8,10,14,24,26H,1,4-5,12-13,15H2. The second-order valence-corrected chi connectivity index (χ2v) is 7.40. The molecule has 0 amide bonds. The van der Waals surface area contributed by atoms with Crippen LogP contribution in [0.15, 0.2) is 47.5 Å². The number of nitrogens with one attached hydrogen (secondary N) is 2. The number of benzene rings is 2. The largest absolute Gasteiger partial charge is 0.360 e. The molecular formula is C22H21IN4. The average molecular weight is 468 g/mol. The van der Waals surface area contributed by atoms with Crippen LogP contribution in [0.1, 0.15) is 36.0 Å². The molecule has 1 saturated heterocycles. The van der Waals surface area contributed by atoms with Crippen LogP contribution < -0.4 is 3.53 Å². The minimum Gasteiger partial charge on any atom is -0.360 e. The Bertz CT molecular complexity index is 962. The van der Waals surface area contributed by atoms with E-state index in [2.05, 4.69) is 55.3 Å². The number of anilines is 1. The van der Waals surface area contributed by atoms with Crippen molar-refractivity contribution in [1.82, 2.24) is 4.90 Å². The predicted molar refractivity (Wildman–Crippen MR) is 120 cm³/mol. The van der Waals surface area contributed by atoms with Crippen LogP contribution in [0.4, 0.5) is 11.4 Å². The minimum atomic E-state index is 0.313. The van der Waals surface area contributed by atoms with Gasteiger partial charge in [-0.2, -0.15) is 0 Å². The molecule has 5 heteroatoms. The van der Waals surface area contributed by atoms with Gasteiger partial charge in [-0.1, -0.05) is 30.2 Å². The molecule has 0 atom stereocenters. The van der Waals surface area contributed by atoms with Gasteiger partial charge in [0.15, 0.2) is 0 Å². The first-order valence-electron chi connectivity index (χ1n) is 9.26. The van der Waals surface area contributed by atoms with Gasteiger partial charge in [0.2, 0.25) is 0 Å². The fourth-order valence-corrected chi connectivity index (χ4v) is 4.03. The molecule has 1 fully saturated rings. The number of nitrogens with zero attached hydrogens (tertiary/aromatic N) is 2. The van der Waals surface area contributed by atoms with Gasteiger partial charge in [0, 0.05) is 30.6 Å². The van der Waals surface area contributed by atoms with Gasteiger partial charge in [-0.3, -0.25) is 5.41 Å². The fourth-order valence-electron chi connectivity index (χ4n) is 3.56. The molecular weight excluding hydrogens is 447 g/mol. The summed E-state index contributed by atoms with van der Waals surface area (Å²) in [6.07, 6.45) is 4.79. The lowest BCUT2D eigenvalue weighted by Gasteiger charge is -2.28. The molecule has 4 nitrogen and oxygen atoms in total. The summed E-state index contributed by atoms with van der Waals surface area (Å²) in [6.45, 7) is 2.25. The highest BCUT2D eigenvalue weighted by molar-refractivity contribution is 14.1. The van der Waals surface area contributed by atoms with E-state index in [1.807, 2.05) is 30.3 Å². The van der Waals surface area contributed by atoms with Crippen molar-refractivity contribution >= 4 is 45.8 Å². The molecule has 0 bridgehead atoms. The first-order valence-corrected chi connectivity index (χ1v) is 10.3. The summed E-state index contributed by atoms with van der Waals surface area (Å²) >= 11 is 2.08. The summed E-state index contributed by atoms with van der Waals surface area (Å²) in [4.78, 5) is 7.29. The third kappa shape index (κ3) is 4.01. The van der Waals surface area contributed by atoms with E-state index in [-0.39, 0.29) is 0 Å². The summed E-state index contributed by atoms with van der Waals surface area (Å²) in [6, 6.07) is 14.0. The second-order valence-electron chi connectivity index (χ2n) is 6.86. The number of amidine groups is 1. The minimum absolute atomic E-state index is 0.313. The zero-order valence-electron chi connectivity index (χ0n) is 15.1. The Morgan fingerprint density at radius 1 is 1.11 bits per heavy atom. The fraction of sp³-hybridized carbons (Fsp3) is 0.273. The molecule has 4 rings (SSSR count). The zero-order valence-corrected chi connectivity index (χ0v) is 17.2. The summed E-state index contributed by atoms with van der Waals surface area (Å²) in [5.74, 6) is 7.32. The van der Waals surface area contributed by atoms with Gasteiger partial charge in [0.25, 0.3) is 0 Å². The molecule has 2 aromatic carbocycles.